The van der Waals surface area contributed by atoms with Gasteiger partial charge in [0.15, 0.2) is 27.0 Å². The molecule has 2 saturated heterocycles. The fraction of sp³-hybridized carbons (Fsp3) is 0.475. The number of piperazine rings is 1. The number of thiazole rings is 1. The van der Waals surface area contributed by atoms with Gasteiger partial charge >= 0.3 is 12.3 Å². The highest BCUT2D eigenvalue weighted by Crippen LogP contribution is 2.48. The van der Waals surface area contributed by atoms with Crippen molar-refractivity contribution in [3.8, 4) is 33.7 Å². The van der Waals surface area contributed by atoms with Crippen LogP contribution < -0.4 is 50.4 Å². The van der Waals surface area contributed by atoms with Gasteiger partial charge in [0.2, 0.25) is 23.7 Å². The van der Waals surface area contributed by atoms with E-state index in [2.05, 4.69) is 46.5 Å². The van der Waals surface area contributed by atoms with Crippen LogP contribution in [0.3, 0.4) is 0 Å². The number of carbonyl (C=O) groups is 3. The van der Waals surface area contributed by atoms with Gasteiger partial charge in [0.1, 0.15) is 31.0 Å². The number of aliphatic hydroxyl groups is 1. The van der Waals surface area contributed by atoms with Crippen molar-refractivity contribution in [2.75, 3.05) is 107 Å². The molecule has 31 heteroatoms. The van der Waals surface area contributed by atoms with E-state index in [9.17, 15) is 41.1 Å². The average molecular weight is 1340 g/mol. The number of halogens is 4. The first-order valence-electron chi connectivity index (χ1n) is 29.8. The van der Waals surface area contributed by atoms with Crippen molar-refractivity contribution >= 4 is 73.8 Å². The van der Waals surface area contributed by atoms with E-state index in [1.54, 1.807) is 44.5 Å². The first-order chi connectivity index (χ1) is 43.9. The quantitative estimate of drug-likeness (QED) is 0.0271. The van der Waals surface area contributed by atoms with Crippen LogP contribution in [0.2, 0.25) is 5.02 Å². The van der Waals surface area contributed by atoms with E-state index >= 15 is 0 Å². The number of fused-ring (bicyclic) bond motifs is 1. The largest absolute Gasteiger partial charge is 0.586 e. The maximum Gasteiger partial charge on any atom is 0.586 e. The number of hydrogen-bond donors (Lipinski definition) is 6. The lowest BCUT2D eigenvalue weighted by Gasteiger charge is -2.35. The summed E-state index contributed by atoms with van der Waals surface area (Å²) in [6.07, 6.45) is -2.25. The number of anilines is 4. The molecule has 6 aromatic rings. The molecule has 0 spiro atoms. The smallest absolute Gasteiger partial charge is 0.491 e. The minimum atomic E-state index is -3.94. The molecule has 4 atom stereocenters. The van der Waals surface area contributed by atoms with Crippen LogP contribution in [0.5, 0.6) is 23.3 Å². The lowest BCUT2D eigenvalue weighted by Crippen LogP contribution is -2.59. The fourth-order valence-electron chi connectivity index (χ4n) is 10.4. The molecule has 0 radical (unpaired) electrons. The van der Waals surface area contributed by atoms with Gasteiger partial charge in [-0.3, -0.25) is 19.4 Å². The number of pyridine rings is 1. The fourth-order valence-corrected chi connectivity index (χ4v) is 12.1. The summed E-state index contributed by atoms with van der Waals surface area (Å²) in [5.41, 5.74) is 2.12. The molecule has 6 N–H and O–H groups in total. The topological polar surface area (TPSA) is 301 Å². The van der Waals surface area contributed by atoms with E-state index in [1.165, 1.54) is 52.8 Å². The Morgan fingerprint density at radius 3 is 2.27 bits per heavy atom. The second-order valence-corrected chi connectivity index (χ2v) is 26.6. The van der Waals surface area contributed by atoms with Crippen molar-refractivity contribution in [2.24, 2.45) is 5.41 Å². The zero-order valence-corrected chi connectivity index (χ0v) is 53.5. The maximum absolute atomic E-state index is 14.7. The molecule has 4 aliphatic rings. The van der Waals surface area contributed by atoms with E-state index < -0.39 is 69.2 Å². The molecule has 3 aromatic heterocycles. The molecule has 6 heterocycles. The standard InChI is InChI=1S/C61H72ClF3N12O13S2/c1-36-51(91-35-69-36)37-11-12-38(33-68-53(79)45-31-39(78)34-77(45)54(80)52(59(2,3)4)72-55(81)60(63)15-16-60)47(30-37)87-28-26-85-24-22-84-23-25-86-27-29-88-58-74-56(73-57(75-58)76-20-18-66-19-21-76)71-44-32-40(92(5,82)83)13-14-43(44)70-48(49-42(62)9-7-17-67-49)41-8-6-10-46-50(41)90-61(64,65)89-46/h6-14,17,30,32,35,39,45,48,52,66,70,78H,15-16,18-29,31,33-34H2,1-5H3,(H,68,79)(H,72,81)(H,71,73,74,75)/t39-,45?,48+,52?/m1/s1. The molecule has 494 valence electrons. The number of carbonyl (C=O) groups excluding carboxylic acids is 3. The van der Waals surface area contributed by atoms with Crippen LogP contribution in [0.25, 0.3) is 10.4 Å². The molecule has 3 fully saturated rings. The third kappa shape index (κ3) is 16.9. The Morgan fingerprint density at radius 2 is 1.60 bits per heavy atom. The van der Waals surface area contributed by atoms with Crippen LogP contribution >= 0.6 is 22.9 Å². The monoisotopic (exact) mass is 1340 g/mol. The van der Waals surface area contributed by atoms with Crippen LogP contribution in [0.4, 0.5) is 36.4 Å². The summed E-state index contributed by atoms with van der Waals surface area (Å²) in [7, 11) is -3.77. The number of nitrogens with zero attached hydrogens (tertiary/aromatic N) is 7. The molecule has 3 amide bonds. The number of β-amino-alcohol motifs (C(OH)–C–C–N with tert-alkyl or cyclic N) is 1. The Labute approximate surface area is 538 Å². The first-order valence-corrected chi connectivity index (χ1v) is 32.9. The van der Waals surface area contributed by atoms with Gasteiger partial charge in [0, 0.05) is 69.3 Å². The predicted octanol–water partition coefficient (Wildman–Crippen LogP) is 6.55. The minimum absolute atomic E-state index is 0.0121. The lowest BCUT2D eigenvalue weighted by molar-refractivity contribution is -0.287. The molecule has 1 saturated carbocycles. The van der Waals surface area contributed by atoms with Gasteiger partial charge in [-0.1, -0.05) is 56.6 Å². The van der Waals surface area contributed by atoms with Crippen molar-refractivity contribution in [3.63, 3.8) is 0 Å². The highest BCUT2D eigenvalue weighted by Gasteiger charge is 2.53. The minimum Gasteiger partial charge on any atom is -0.491 e. The van der Waals surface area contributed by atoms with Gasteiger partial charge in [-0.15, -0.1) is 20.1 Å². The summed E-state index contributed by atoms with van der Waals surface area (Å²) in [6.45, 7) is 10.9. The molecule has 2 unspecified atom stereocenters. The number of benzene rings is 3. The Bertz CT molecular complexity index is 3730. The van der Waals surface area contributed by atoms with Crippen molar-refractivity contribution in [2.45, 2.75) is 94.6 Å². The summed E-state index contributed by atoms with van der Waals surface area (Å²) in [6, 6.07) is 14.2. The maximum atomic E-state index is 14.7. The number of amides is 3. The van der Waals surface area contributed by atoms with Gasteiger partial charge in [0.25, 0.3) is 5.91 Å². The highest BCUT2D eigenvalue weighted by molar-refractivity contribution is 7.90. The molecule has 1 aliphatic carbocycles. The summed E-state index contributed by atoms with van der Waals surface area (Å²) in [4.78, 5) is 67.3. The molecule has 3 aromatic carbocycles. The molecular weight excluding hydrogens is 1270 g/mol. The lowest BCUT2D eigenvalue weighted by atomic mass is 9.85. The number of nitrogens with one attached hydrogen (secondary N) is 5. The van der Waals surface area contributed by atoms with E-state index in [0.29, 0.717) is 37.5 Å². The normalized spacial score (nSPS) is 18.0. The molecular formula is C61H72ClF3N12O13S2. The van der Waals surface area contributed by atoms with Crippen molar-refractivity contribution in [3.05, 3.63) is 106 Å². The number of para-hydroxylation sites is 1. The Morgan fingerprint density at radius 1 is 0.880 bits per heavy atom. The third-order valence-electron chi connectivity index (χ3n) is 15.4. The third-order valence-corrected chi connectivity index (χ3v) is 17.8. The number of rotatable bonds is 29. The van der Waals surface area contributed by atoms with E-state index in [-0.39, 0.29) is 147 Å². The molecule has 25 nitrogen and oxygen atoms in total. The molecule has 3 aliphatic heterocycles. The van der Waals surface area contributed by atoms with E-state index in [1.807, 2.05) is 30.0 Å². The van der Waals surface area contributed by atoms with E-state index in [0.717, 1.165) is 22.4 Å². The molecule has 0 bridgehead atoms. The summed E-state index contributed by atoms with van der Waals surface area (Å²) < 4.78 is 109. The Hall–Kier alpha value is -7.71. The number of hydrogen-bond acceptors (Lipinski definition) is 23. The van der Waals surface area contributed by atoms with Gasteiger partial charge in [0.05, 0.1) is 94.9 Å². The van der Waals surface area contributed by atoms with Crippen LogP contribution in [0.1, 0.15) is 68.6 Å². The summed E-state index contributed by atoms with van der Waals surface area (Å²) in [5, 5.41) is 26.1. The van der Waals surface area contributed by atoms with Crippen LogP contribution in [0, 0.1) is 12.3 Å². The zero-order valence-electron chi connectivity index (χ0n) is 51.1. The zero-order chi connectivity index (χ0) is 65.4. The van der Waals surface area contributed by atoms with Gasteiger partial charge in [-0.05, 0) is 73.2 Å². The number of alkyl halides is 3. The number of likely N-dealkylation sites (tertiary alicyclic amines) is 1. The van der Waals surface area contributed by atoms with E-state index in [4.69, 9.17) is 49.7 Å². The summed E-state index contributed by atoms with van der Waals surface area (Å²) >= 11 is 8.16. The first kappa shape index (κ1) is 67.2. The Kier molecular flexibility index (Phi) is 21.2. The van der Waals surface area contributed by atoms with Gasteiger partial charge in [-0.2, -0.15) is 15.0 Å². The molecule has 10 rings (SSSR count). The predicted molar refractivity (Wildman–Crippen MR) is 333 cm³/mol. The highest BCUT2D eigenvalue weighted by atomic mass is 35.5. The van der Waals surface area contributed by atoms with Crippen molar-refractivity contribution < 1.29 is 74.2 Å². The number of sulfone groups is 1. The SMILES string of the molecule is Cc1ncsc1-c1ccc(CNC(=O)C2C[C@@H](O)CN2C(=O)C(NC(=O)C2(F)CC2)C(C)(C)C)c(OCCOCCOCCOCCOc2nc(Nc3cc(S(C)(=O)=O)ccc3N[C@@H](c3cccc4c3OC(F)(F)O4)c3ncccc3Cl)nc(N3CCNCC3)n2)c1. The van der Waals surface area contributed by atoms with Crippen molar-refractivity contribution in [1.29, 1.82) is 0 Å². The number of ether oxygens (including phenoxy) is 7. The number of aliphatic hydroxyl groups excluding tert-OH is 1. The average Bonchev–Trinajstić information content (AvgIpc) is 1.83. The molecule has 92 heavy (non-hydrogen) atoms. The van der Waals surface area contributed by atoms with Gasteiger partial charge < -0.3 is 74.6 Å². The van der Waals surface area contributed by atoms with Crippen molar-refractivity contribution in [1.82, 2.24) is 45.8 Å². The Balaban J connectivity index is 0.708. The second-order valence-electron chi connectivity index (χ2n) is 23.3. The number of aryl methyl sites for hydroxylation is 1. The van der Waals surface area contributed by atoms with Crippen LogP contribution in [-0.4, -0.2) is 183 Å². The van der Waals surface area contributed by atoms with Gasteiger partial charge in [-0.25, -0.2) is 17.8 Å². The second kappa shape index (κ2) is 29.1. The summed E-state index contributed by atoms with van der Waals surface area (Å²) in [5.74, 6) is -1.66. The van der Waals surface area contributed by atoms with Crippen LogP contribution in [0.15, 0.2) is 83.3 Å². The van der Waals surface area contributed by atoms with Crippen LogP contribution in [-0.2, 0) is 45.0 Å². The number of aromatic nitrogens is 5.